The highest BCUT2D eigenvalue weighted by Crippen LogP contribution is 2.36. The van der Waals surface area contributed by atoms with Crippen LogP contribution in [0.25, 0.3) is 6.08 Å². The van der Waals surface area contributed by atoms with Gasteiger partial charge in [-0.15, -0.1) is 0 Å². The van der Waals surface area contributed by atoms with Crippen LogP contribution < -0.4 is 0 Å². The SMILES string of the molecule is O=C(OC/C=C/c1ccccc1)C1(c2ccccc2)CCOCC1. The highest BCUT2D eigenvalue weighted by atomic mass is 16.5. The molecule has 0 aromatic heterocycles. The van der Waals surface area contributed by atoms with Crippen LogP contribution in [0.2, 0.25) is 0 Å². The van der Waals surface area contributed by atoms with Gasteiger partial charge in [0.1, 0.15) is 6.61 Å². The number of rotatable bonds is 5. The fourth-order valence-corrected chi connectivity index (χ4v) is 3.10. The Hall–Kier alpha value is -2.39. The first-order valence-corrected chi connectivity index (χ1v) is 8.33. The Morgan fingerprint density at radius 2 is 1.62 bits per heavy atom. The smallest absolute Gasteiger partial charge is 0.317 e. The molecule has 24 heavy (non-hydrogen) atoms. The summed E-state index contributed by atoms with van der Waals surface area (Å²) in [5.41, 5.74) is 1.53. The number of ether oxygens (including phenoxy) is 2. The molecule has 0 saturated carbocycles. The molecule has 1 aliphatic heterocycles. The Morgan fingerprint density at radius 1 is 1.00 bits per heavy atom. The lowest BCUT2D eigenvalue weighted by Crippen LogP contribution is -2.42. The van der Waals surface area contributed by atoms with Crippen LogP contribution in [-0.4, -0.2) is 25.8 Å². The minimum absolute atomic E-state index is 0.158. The molecule has 3 heteroatoms. The Labute approximate surface area is 142 Å². The molecule has 0 amide bonds. The van der Waals surface area contributed by atoms with E-state index in [1.54, 1.807) is 0 Å². The predicted octanol–water partition coefficient (Wildman–Crippen LogP) is 3.99. The first-order valence-electron chi connectivity index (χ1n) is 8.33. The van der Waals surface area contributed by atoms with Crippen molar-refractivity contribution in [1.82, 2.24) is 0 Å². The van der Waals surface area contributed by atoms with Gasteiger partial charge in [0.25, 0.3) is 0 Å². The molecule has 1 saturated heterocycles. The van der Waals surface area contributed by atoms with Crippen LogP contribution in [0.3, 0.4) is 0 Å². The molecule has 124 valence electrons. The third-order valence-electron chi connectivity index (χ3n) is 4.48. The van der Waals surface area contributed by atoms with E-state index in [4.69, 9.17) is 9.47 Å². The maximum Gasteiger partial charge on any atom is 0.317 e. The van der Waals surface area contributed by atoms with E-state index < -0.39 is 5.41 Å². The summed E-state index contributed by atoms with van der Waals surface area (Å²) in [7, 11) is 0. The van der Waals surface area contributed by atoms with Crippen LogP contribution in [0.4, 0.5) is 0 Å². The van der Waals surface area contributed by atoms with Gasteiger partial charge in [-0.3, -0.25) is 4.79 Å². The van der Waals surface area contributed by atoms with Crippen LogP contribution in [0.5, 0.6) is 0 Å². The maximum atomic E-state index is 12.8. The Morgan fingerprint density at radius 3 is 2.29 bits per heavy atom. The molecule has 1 fully saturated rings. The van der Waals surface area contributed by atoms with Crippen LogP contribution in [0, 0.1) is 0 Å². The van der Waals surface area contributed by atoms with Crippen LogP contribution in [-0.2, 0) is 19.7 Å². The zero-order valence-corrected chi connectivity index (χ0v) is 13.7. The van der Waals surface area contributed by atoms with E-state index in [2.05, 4.69) is 0 Å². The summed E-state index contributed by atoms with van der Waals surface area (Å²) in [6.07, 6.45) is 5.17. The largest absolute Gasteiger partial charge is 0.461 e. The average molecular weight is 322 g/mol. The van der Waals surface area contributed by atoms with Crippen molar-refractivity contribution in [3.8, 4) is 0 Å². The normalized spacial score (nSPS) is 16.8. The lowest BCUT2D eigenvalue weighted by atomic mass is 9.74. The molecule has 0 radical (unpaired) electrons. The number of hydrogen-bond donors (Lipinski definition) is 0. The lowest BCUT2D eigenvalue weighted by molar-refractivity contribution is -0.153. The van der Waals surface area contributed by atoms with Crippen molar-refractivity contribution < 1.29 is 14.3 Å². The molecule has 2 aromatic rings. The highest BCUT2D eigenvalue weighted by Gasteiger charge is 2.42. The second-order valence-corrected chi connectivity index (χ2v) is 5.97. The van der Waals surface area contributed by atoms with Gasteiger partial charge < -0.3 is 9.47 Å². The molecule has 0 spiro atoms. The molecule has 3 rings (SSSR count). The van der Waals surface area contributed by atoms with Gasteiger partial charge >= 0.3 is 5.97 Å². The topological polar surface area (TPSA) is 35.5 Å². The van der Waals surface area contributed by atoms with Crippen molar-refractivity contribution in [2.45, 2.75) is 18.3 Å². The Kier molecular flexibility index (Phi) is 5.44. The van der Waals surface area contributed by atoms with Crippen LogP contribution >= 0.6 is 0 Å². The van der Waals surface area contributed by atoms with E-state index in [1.807, 2.05) is 72.8 Å². The van der Waals surface area contributed by atoms with Crippen molar-refractivity contribution in [3.05, 3.63) is 77.9 Å². The zero-order chi connectivity index (χ0) is 16.7. The van der Waals surface area contributed by atoms with E-state index in [-0.39, 0.29) is 12.6 Å². The molecule has 1 aliphatic rings. The van der Waals surface area contributed by atoms with Gasteiger partial charge in [0, 0.05) is 13.2 Å². The number of esters is 1. The molecular weight excluding hydrogens is 300 g/mol. The molecule has 0 unspecified atom stereocenters. The van der Waals surface area contributed by atoms with Gasteiger partial charge in [-0.1, -0.05) is 66.7 Å². The average Bonchev–Trinajstić information content (AvgIpc) is 2.67. The summed E-state index contributed by atoms with van der Waals surface area (Å²) in [6.45, 7) is 1.46. The van der Waals surface area contributed by atoms with Gasteiger partial charge in [0.05, 0.1) is 5.41 Å². The van der Waals surface area contributed by atoms with E-state index >= 15 is 0 Å². The number of hydrogen-bond acceptors (Lipinski definition) is 3. The third kappa shape index (κ3) is 3.74. The second kappa shape index (κ2) is 7.93. The molecule has 0 bridgehead atoms. The van der Waals surface area contributed by atoms with Crippen LogP contribution in [0.15, 0.2) is 66.7 Å². The first kappa shape index (κ1) is 16.5. The maximum absolute atomic E-state index is 12.8. The van der Waals surface area contributed by atoms with E-state index in [0.29, 0.717) is 26.1 Å². The summed E-state index contributed by atoms with van der Waals surface area (Å²) in [5, 5.41) is 0. The highest BCUT2D eigenvalue weighted by molar-refractivity contribution is 5.83. The fourth-order valence-electron chi connectivity index (χ4n) is 3.10. The van der Waals surface area contributed by atoms with Gasteiger partial charge in [-0.05, 0) is 30.0 Å². The van der Waals surface area contributed by atoms with Gasteiger partial charge in [0.15, 0.2) is 0 Å². The minimum atomic E-state index is -0.583. The van der Waals surface area contributed by atoms with Gasteiger partial charge in [-0.25, -0.2) is 0 Å². The van der Waals surface area contributed by atoms with Gasteiger partial charge in [-0.2, -0.15) is 0 Å². The van der Waals surface area contributed by atoms with E-state index in [1.165, 1.54) is 0 Å². The van der Waals surface area contributed by atoms with Crippen molar-refractivity contribution in [2.75, 3.05) is 19.8 Å². The first-order chi connectivity index (χ1) is 11.8. The Bertz CT molecular complexity index is 671. The second-order valence-electron chi connectivity index (χ2n) is 5.97. The molecule has 3 nitrogen and oxygen atoms in total. The zero-order valence-electron chi connectivity index (χ0n) is 13.7. The predicted molar refractivity (Wildman–Crippen MR) is 94.6 cm³/mol. The number of carbonyl (C=O) groups is 1. The van der Waals surface area contributed by atoms with E-state index in [0.717, 1.165) is 11.1 Å². The van der Waals surface area contributed by atoms with Crippen molar-refractivity contribution in [1.29, 1.82) is 0 Å². The monoisotopic (exact) mass is 322 g/mol. The number of carbonyl (C=O) groups excluding carboxylic acids is 1. The lowest BCUT2D eigenvalue weighted by Gasteiger charge is -2.35. The minimum Gasteiger partial charge on any atom is -0.461 e. The summed E-state index contributed by atoms with van der Waals surface area (Å²) >= 11 is 0. The number of benzene rings is 2. The molecule has 1 heterocycles. The summed E-state index contributed by atoms with van der Waals surface area (Å²) in [5.74, 6) is -0.158. The summed E-state index contributed by atoms with van der Waals surface area (Å²) in [4.78, 5) is 12.8. The van der Waals surface area contributed by atoms with Crippen molar-refractivity contribution in [3.63, 3.8) is 0 Å². The quantitative estimate of drug-likeness (QED) is 0.781. The molecule has 0 N–H and O–H groups in total. The van der Waals surface area contributed by atoms with Crippen molar-refractivity contribution >= 4 is 12.0 Å². The fraction of sp³-hybridized carbons (Fsp3) is 0.286. The molecule has 0 atom stereocenters. The third-order valence-corrected chi connectivity index (χ3v) is 4.48. The van der Waals surface area contributed by atoms with Gasteiger partial charge in [0.2, 0.25) is 0 Å². The Balaban J connectivity index is 1.67. The molecule has 2 aromatic carbocycles. The molecular formula is C21H22O3. The standard InChI is InChI=1S/C21H22O3/c22-20(24-15-7-10-18-8-3-1-4-9-18)21(13-16-23-17-14-21)19-11-5-2-6-12-19/h1-12H,13-17H2/b10-7+. The van der Waals surface area contributed by atoms with Crippen LogP contribution in [0.1, 0.15) is 24.0 Å². The molecule has 0 aliphatic carbocycles. The summed E-state index contributed by atoms with van der Waals surface area (Å²) in [6, 6.07) is 19.9. The van der Waals surface area contributed by atoms with E-state index in [9.17, 15) is 4.79 Å². The summed E-state index contributed by atoms with van der Waals surface area (Å²) < 4.78 is 11.0. The van der Waals surface area contributed by atoms with Crippen molar-refractivity contribution in [2.24, 2.45) is 0 Å².